The number of hydrogen-bond acceptors (Lipinski definition) is 1. The van der Waals surface area contributed by atoms with Crippen LogP contribution in [0.25, 0.3) is 0 Å². The van der Waals surface area contributed by atoms with Crippen molar-refractivity contribution in [1.29, 1.82) is 0 Å². The predicted octanol–water partition coefficient (Wildman–Crippen LogP) is 5.07. The second-order valence-corrected chi connectivity index (χ2v) is 23.8. The van der Waals surface area contributed by atoms with E-state index in [2.05, 4.69) is 194 Å². The van der Waals surface area contributed by atoms with E-state index in [-0.39, 0.29) is 24.0 Å². The van der Waals surface area contributed by atoms with Crippen LogP contribution in [0, 0.1) is 0 Å². The second kappa shape index (κ2) is 18.6. The first-order chi connectivity index (χ1) is 25.6. The minimum atomic E-state index is -1.67. The van der Waals surface area contributed by atoms with Crippen molar-refractivity contribution in [3.63, 3.8) is 0 Å². The Hall–Kier alpha value is -3.60. The number of hydrogen-bond donors (Lipinski definition) is 0. The molecule has 6 aromatic carbocycles. The van der Waals surface area contributed by atoms with Gasteiger partial charge in [-0.3, -0.25) is 4.90 Å². The van der Waals surface area contributed by atoms with E-state index in [9.17, 15) is 0 Å². The molecule has 2 fully saturated rings. The van der Waals surface area contributed by atoms with Gasteiger partial charge in [0.25, 0.3) is 0 Å². The van der Waals surface area contributed by atoms with Crippen LogP contribution >= 0.6 is 0 Å². The van der Waals surface area contributed by atoms with Crippen molar-refractivity contribution >= 4 is 36.9 Å². The largest absolute Gasteiger partial charge is 1.00 e. The molecule has 0 N–H and O–H groups in total. The molecule has 0 radical (unpaired) electrons. The predicted molar refractivity (Wildman–Crippen MR) is 227 cm³/mol. The van der Waals surface area contributed by atoms with E-state index in [0.717, 1.165) is 6.54 Å². The summed E-state index contributed by atoms with van der Waals surface area (Å²) in [6.45, 7) is 10.8. The van der Waals surface area contributed by atoms with Crippen LogP contribution in [0.1, 0.15) is 18.1 Å². The summed E-state index contributed by atoms with van der Waals surface area (Å²) in [7, 11) is -3.31. The molecule has 0 atom stereocenters. The van der Waals surface area contributed by atoms with E-state index in [1.54, 1.807) is 20.7 Å². The lowest BCUT2D eigenvalue weighted by Gasteiger charge is -2.48. The first-order valence-electron chi connectivity index (χ1n) is 19.5. The molecule has 2 aliphatic rings. The third kappa shape index (κ3) is 9.21. The molecule has 53 heavy (non-hydrogen) atoms. The van der Waals surface area contributed by atoms with Gasteiger partial charge in [0.05, 0.1) is 19.6 Å². The quantitative estimate of drug-likeness (QED) is 0.112. The average Bonchev–Trinajstić information content (AvgIpc) is 3.24. The van der Waals surface area contributed by atoms with Crippen LogP contribution in [-0.2, 0) is 13.1 Å². The van der Waals surface area contributed by atoms with Gasteiger partial charge in [0, 0.05) is 24.2 Å². The average molecular weight is 843 g/mol. The minimum Gasteiger partial charge on any atom is -1.00 e. The summed E-state index contributed by atoms with van der Waals surface area (Å²) in [4.78, 5) is 2.63. The molecule has 0 bridgehead atoms. The molecule has 2 aliphatic heterocycles. The van der Waals surface area contributed by atoms with Crippen molar-refractivity contribution < 1.29 is 28.5 Å². The zero-order valence-corrected chi connectivity index (χ0v) is 35.5. The van der Waals surface area contributed by atoms with Gasteiger partial charge in [-0.1, -0.05) is 203 Å². The summed E-state index contributed by atoms with van der Waals surface area (Å²) in [5.74, 6) is 0. The van der Waals surface area contributed by atoms with Crippen molar-refractivity contribution in [3.05, 3.63) is 193 Å². The van der Waals surface area contributed by atoms with Gasteiger partial charge in [-0.15, -0.1) is 0 Å². The standard InChI is InChI=1S/C25H30NSi.C23H25NSi.HI/c1-2-26(22-23-12-6-3-7-13-23)18-20-27(21-19-26,24-14-8-4-9-15-24)25-16-10-5-11-17-25;1-4-10-21(11-5-1)20-24-16-18-25(19-17-24,22-12-6-2-7-13-22)23-14-8-3-9-15-23;/h3-17H,2,18-22H2,1H3;1-15H,16-20H2;1H/q+1;;/p-1. The second-order valence-electron chi connectivity index (χ2n) is 15.1. The third-order valence-corrected chi connectivity index (χ3v) is 22.4. The molecule has 0 saturated carbocycles. The van der Waals surface area contributed by atoms with Crippen molar-refractivity contribution in [2.45, 2.75) is 44.2 Å². The molecule has 2 saturated heterocycles. The van der Waals surface area contributed by atoms with Crippen LogP contribution in [0.2, 0.25) is 24.2 Å². The van der Waals surface area contributed by atoms with Crippen LogP contribution in [0.5, 0.6) is 0 Å². The number of rotatable bonds is 9. The summed E-state index contributed by atoms with van der Waals surface area (Å²) in [5.41, 5.74) is 2.91. The lowest BCUT2D eigenvalue weighted by molar-refractivity contribution is -0.937. The molecular formula is C48H55IN2Si2. The van der Waals surface area contributed by atoms with E-state index in [1.165, 1.54) is 79.1 Å². The lowest BCUT2D eigenvalue weighted by atomic mass is 10.1. The first-order valence-corrected chi connectivity index (χ1v) is 24.3. The van der Waals surface area contributed by atoms with Gasteiger partial charge in [-0.05, 0) is 37.7 Å². The van der Waals surface area contributed by atoms with E-state index < -0.39 is 16.1 Å². The lowest BCUT2D eigenvalue weighted by Crippen LogP contribution is -3.00. The monoisotopic (exact) mass is 842 g/mol. The Bertz CT molecular complexity index is 1830. The third-order valence-electron chi connectivity index (χ3n) is 12.3. The molecule has 0 spiro atoms. The van der Waals surface area contributed by atoms with Gasteiger partial charge < -0.3 is 28.5 Å². The van der Waals surface area contributed by atoms with E-state index in [1.807, 2.05) is 0 Å². The van der Waals surface area contributed by atoms with Gasteiger partial charge in [0.15, 0.2) is 0 Å². The van der Waals surface area contributed by atoms with Crippen LogP contribution in [0.4, 0.5) is 0 Å². The Balaban J connectivity index is 0.000000178. The fourth-order valence-electron chi connectivity index (χ4n) is 9.10. The minimum absolute atomic E-state index is 0. The molecule has 5 heteroatoms. The Labute approximate surface area is 338 Å². The fourth-order valence-corrected chi connectivity index (χ4v) is 19.0. The maximum absolute atomic E-state index is 2.63. The topological polar surface area (TPSA) is 3.24 Å². The number of benzene rings is 6. The van der Waals surface area contributed by atoms with Gasteiger partial charge in [0.1, 0.15) is 22.7 Å². The summed E-state index contributed by atoms with van der Waals surface area (Å²) in [6, 6.07) is 72.7. The van der Waals surface area contributed by atoms with Gasteiger partial charge in [0.2, 0.25) is 0 Å². The summed E-state index contributed by atoms with van der Waals surface area (Å²) in [6.07, 6.45) is 0. The first kappa shape index (κ1) is 39.1. The summed E-state index contributed by atoms with van der Waals surface area (Å²) >= 11 is 0. The van der Waals surface area contributed by atoms with Gasteiger partial charge >= 0.3 is 0 Å². The fraction of sp³-hybridized carbons (Fsp3) is 0.250. The molecule has 0 aliphatic carbocycles. The van der Waals surface area contributed by atoms with Gasteiger partial charge in [-0.2, -0.15) is 0 Å². The maximum Gasteiger partial charge on any atom is 0.129 e. The highest BCUT2D eigenvalue weighted by molar-refractivity contribution is 7.03. The number of halogens is 1. The highest BCUT2D eigenvalue weighted by atomic mass is 127. The maximum atomic E-state index is 2.63. The molecule has 6 aromatic rings. The SMILES string of the molecule is CC[N+]1(Cc2ccccc2)CC[Si](c2ccccc2)(c2ccccc2)CC1.[I-].c1ccc(CN2CC[Si](c3ccccc3)(c3ccccc3)CC2)cc1. The molecule has 272 valence electrons. The molecule has 8 rings (SSSR count). The van der Waals surface area contributed by atoms with Crippen molar-refractivity contribution in [2.75, 3.05) is 32.7 Å². The van der Waals surface area contributed by atoms with E-state index in [4.69, 9.17) is 0 Å². The zero-order chi connectivity index (χ0) is 35.5. The molecule has 0 amide bonds. The highest BCUT2D eigenvalue weighted by Crippen LogP contribution is 2.30. The molecular weight excluding hydrogens is 788 g/mol. The number of nitrogens with zero attached hydrogens (tertiary/aromatic N) is 2. The van der Waals surface area contributed by atoms with Crippen LogP contribution in [0.15, 0.2) is 182 Å². The van der Waals surface area contributed by atoms with Crippen molar-refractivity contribution in [1.82, 2.24) is 4.90 Å². The molecule has 2 heterocycles. The van der Waals surface area contributed by atoms with E-state index in [0.29, 0.717) is 0 Å². The Morgan fingerprint density at radius 2 is 0.755 bits per heavy atom. The Morgan fingerprint density at radius 1 is 0.434 bits per heavy atom. The highest BCUT2D eigenvalue weighted by Gasteiger charge is 2.46. The van der Waals surface area contributed by atoms with Crippen LogP contribution in [0.3, 0.4) is 0 Å². The summed E-state index contributed by atoms with van der Waals surface area (Å²) < 4.78 is 1.23. The van der Waals surface area contributed by atoms with E-state index >= 15 is 0 Å². The summed E-state index contributed by atoms with van der Waals surface area (Å²) in [5, 5.41) is 6.43. The van der Waals surface area contributed by atoms with Crippen molar-refractivity contribution in [2.24, 2.45) is 0 Å². The normalized spacial score (nSPS) is 17.4. The Morgan fingerprint density at radius 3 is 1.11 bits per heavy atom. The molecule has 0 unspecified atom stereocenters. The molecule has 0 aromatic heterocycles. The van der Waals surface area contributed by atoms with Crippen molar-refractivity contribution in [3.8, 4) is 0 Å². The smallest absolute Gasteiger partial charge is 0.129 e. The van der Waals surface area contributed by atoms with Crippen LogP contribution in [-0.4, -0.2) is 58.3 Å². The molecule has 2 nitrogen and oxygen atoms in total. The number of quaternary nitrogens is 1. The Kier molecular flexibility index (Phi) is 13.7. The zero-order valence-electron chi connectivity index (χ0n) is 31.4. The van der Waals surface area contributed by atoms with Gasteiger partial charge in [-0.25, -0.2) is 0 Å². The van der Waals surface area contributed by atoms with Crippen LogP contribution < -0.4 is 44.7 Å².